The third kappa shape index (κ3) is 2.95. The Kier molecular flexibility index (Phi) is 3.87. The molecule has 3 heterocycles. The zero-order valence-corrected chi connectivity index (χ0v) is 14.2. The van der Waals surface area contributed by atoms with Crippen molar-refractivity contribution >= 4 is 22.8 Å². The van der Waals surface area contributed by atoms with Gasteiger partial charge in [0.15, 0.2) is 0 Å². The van der Waals surface area contributed by atoms with Crippen LogP contribution in [-0.4, -0.2) is 25.7 Å². The number of oxazole rings is 1. The molecule has 4 aromatic rings. The standard InChI is InChI=1S/C17H16N4O2S/c1-11-16(18-17(23-11)13-5-6-22-10-13)9-21(2)8-12-3-4-14-15(7-12)20-24-19-14/h3-7,10H,8-9H2,1-2H3. The zero-order chi connectivity index (χ0) is 16.5. The molecule has 24 heavy (non-hydrogen) atoms. The van der Waals surface area contributed by atoms with Crippen molar-refractivity contribution in [3.63, 3.8) is 0 Å². The lowest BCUT2D eigenvalue weighted by molar-refractivity contribution is 0.313. The minimum Gasteiger partial charge on any atom is -0.472 e. The molecule has 6 nitrogen and oxygen atoms in total. The van der Waals surface area contributed by atoms with E-state index in [1.54, 1.807) is 12.5 Å². The number of rotatable bonds is 5. The van der Waals surface area contributed by atoms with Gasteiger partial charge in [-0.2, -0.15) is 8.75 Å². The Balaban J connectivity index is 1.48. The number of hydrogen-bond acceptors (Lipinski definition) is 7. The van der Waals surface area contributed by atoms with E-state index in [1.165, 1.54) is 17.3 Å². The number of aryl methyl sites for hydroxylation is 1. The summed E-state index contributed by atoms with van der Waals surface area (Å²) >= 11 is 1.24. The molecule has 3 aromatic heterocycles. The highest BCUT2D eigenvalue weighted by Crippen LogP contribution is 2.23. The summed E-state index contributed by atoms with van der Waals surface area (Å²) in [6, 6.07) is 8.03. The van der Waals surface area contributed by atoms with Crippen molar-refractivity contribution in [1.29, 1.82) is 0 Å². The first-order chi connectivity index (χ1) is 11.7. The van der Waals surface area contributed by atoms with E-state index in [2.05, 4.69) is 37.8 Å². The van der Waals surface area contributed by atoms with Crippen LogP contribution in [0.1, 0.15) is 17.0 Å². The SMILES string of the molecule is Cc1oc(-c2ccoc2)nc1CN(C)Cc1ccc2nsnc2c1. The number of benzene rings is 1. The van der Waals surface area contributed by atoms with Crippen molar-refractivity contribution in [1.82, 2.24) is 18.6 Å². The van der Waals surface area contributed by atoms with Crippen LogP contribution in [0.5, 0.6) is 0 Å². The second-order valence-corrected chi connectivity index (χ2v) is 6.32. The fourth-order valence-corrected chi connectivity index (χ4v) is 3.15. The van der Waals surface area contributed by atoms with Gasteiger partial charge in [-0.15, -0.1) is 0 Å². The summed E-state index contributed by atoms with van der Waals surface area (Å²) in [5.41, 5.74) is 4.89. The molecule has 0 saturated carbocycles. The molecular formula is C17H16N4O2S. The number of nitrogens with zero attached hydrogens (tertiary/aromatic N) is 4. The van der Waals surface area contributed by atoms with Gasteiger partial charge in [0.2, 0.25) is 5.89 Å². The molecule has 122 valence electrons. The van der Waals surface area contributed by atoms with Crippen LogP contribution >= 0.6 is 11.7 Å². The summed E-state index contributed by atoms with van der Waals surface area (Å²) in [7, 11) is 2.06. The van der Waals surface area contributed by atoms with Gasteiger partial charge in [-0.1, -0.05) is 6.07 Å². The molecule has 0 bridgehead atoms. The number of furan rings is 1. The van der Waals surface area contributed by atoms with E-state index >= 15 is 0 Å². The monoisotopic (exact) mass is 340 g/mol. The molecule has 0 fully saturated rings. The van der Waals surface area contributed by atoms with Crippen molar-refractivity contribution in [3.05, 3.63) is 53.8 Å². The highest BCUT2D eigenvalue weighted by Gasteiger charge is 2.14. The molecule has 7 heteroatoms. The average Bonchev–Trinajstić information content (AvgIpc) is 3.28. The average molecular weight is 340 g/mol. The van der Waals surface area contributed by atoms with Crippen LogP contribution in [0.15, 0.2) is 45.6 Å². The summed E-state index contributed by atoms with van der Waals surface area (Å²) in [6.07, 6.45) is 3.25. The van der Waals surface area contributed by atoms with E-state index in [1.807, 2.05) is 19.1 Å². The fourth-order valence-electron chi connectivity index (χ4n) is 2.63. The smallest absolute Gasteiger partial charge is 0.229 e. The molecule has 0 atom stereocenters. The van der Waals surface area contributed by atoms with Crippen LogP contribution in [0.4, 0.5) is 0 Å². The van der Waals surface area contributed by atoms with E-state index in [0.29, 0.717) is 12.4 Å². The summed E-state index contributed by atoms with van der Waals surface area (Å²) in [5.74, 6) is 1.43. The molecule has 1 aromatic carbocycles. The van der Waals surface area contributed by atoms with E-state index in [0.717, 1.165) is 34.6 Å². The van der Waals surface area contributed by atoms with Gasteiger partial charge in [0.1, 0.15) is 23.1 Å². The molecule has 0 spiro atoms. The predicted molar refractivity (Wildman–Crippen MR) is 91.5 cm³/mol. The zero-order valence-electron chi connectivity index (χ0n) is 13.4. The highest BCUT2D eigenvalue weighted by molar-refractivity contribution is 7.00. The Hall–Kier alpha value is -2.51. The second kappa shape index (κ2) is 6.18. The van der Waals surface area contributed by atoms with E-state index in [9.17, 15) is 0 Å². The van der Waals surface area contributed by atoms with Crippen molar-refractivity contribution < 1.29 is 8.83 Å². The maximum absolute atomic E-state index is 5.74. The van der Waals surface area contributed by atoms with Crippen molar-refractivity contribution in [3.8, 4) is 11.5 Å². The summed E-state index contributed by atoms with van der Waals surface area (Å²) in [4.78, 5) is 6.79. The van der Waals surface area contributed by atoms with Crippen molar-refractivity contribution in [2.45, 2.75) is 20.0 Å². The number of hydrogen-bond donors (Lipinski definition) is 0. The molecule has 0 unspecified atom stereocenters. The van der Waals surface area contributed by atoms with Crippen molar-refractivity contribution in [2.75, 3.05) is 7.05 Å². The Morgan fingerprint density at radius 2 is 2.00 bits per heavy atom. The lowest BCUT2D eigenvalue weighted by Gasteiger charge is -2.15. The van der Waals surface area contributed by atoms with Gasteiger partial charge in [-0.3, -0.25) is 4.90 Å². The van der Waals surface area contributed by atoms with Crippen LogP contribution in [0.2, 0.25) is 0 Å². The second-order valence-electron chi connectivity index (χ2n) is 5.79. The molecule has 0 aliphatic heterocycles. The van der Waals surface area contributed by atoms with Gasteiger partial charge in [-0.25, -0.2) is 4.98 Å². The van der Waals surface area contributed by atoms with Gasteiger partial charge < -0.3 is 8.83 Å². The quantitative estimate of drug-likeness (QED) is 0.549. The van der Waals surface area contributed by atoms with Gasteiger partial charge in [0, 0.05) is 13.1 Å². The molecule has 0 radical (unpaired) electrons. The maximum atomic E-state index is 5.74. The van der Waals surface area contributed by atoms with Crippen LogP contribution in [0, 0.1) is 6.92 Å². The molecule has 0 saturated heterocycles. The van der Waals surface area contributed by atoms with E-state index in [4.69, 9.17) is 8.83 Å². The first kappa shape index (κ1) is 15.0. The summed E-state index contributed by atoms with van der Waals surface area (Å²) in [5, 5.41) is 0. The number of fused-ring (bicyclic) bond motifs is 1. The lowest BCUT2D eigenvalue weighted by atomic mass is 10.2. The first-order valence-corrected chi connectivity index (χ1v) is 8.31. The molecule has 0 aliphatic carbocycles. The summed E-state index contributed by atoms with van der Waals surface area (Å²) in [6.45, 7) is 3.45. The minimum atomic E-state index is 0.597. The summed E-state index contributed by atoms with van der Waals surface area (Å²) < 4.78 is 19.4. The molecule has 0 N–H and O–H groups in total. The fraction of sp³-hybridized carbons (Fsp3) is 0.235. The minimum absolute atomic E-state index is 0.597. The molecular weight excluding hydrogens is 324 g/mol. The number of aromatic nitrogens is 3. The van der Waals surface area contributed by atoms with Crippen LogP contribution < -0.4 is 0 Å². The Morgan fingerprint density at radius 1 is 1.12 bits per heavy atom. The van der Waals surface area contributed by atoms with Gasteiger partial charge in [0.25, 0.3) is 0 Å². The van der Waals surface area contributed by atoms with Crippen LogP contribution in [-0.2, 0) is 13.1 Å². The molecule has 0 amide bonds. The van der Waals surface area contributed by atoms with Crippen LogP contribution in [0.3, 0.4) is 0 Å². The largest absolute Gasteiger partial charge is 0.472 e. The van der Waals surface area contributed by atoms with Gasteiger partial charge in [-0.05, 0) is 37.7 Å². The first-order valence-electron chi connectivity index (χ1n) is 7.57. The van der Waals surface area contributed by atoms with Gasteiger partial charge >= 0.3 is 0 Å². The maximum Gasteiger partial charge on any atom is 0.229 e. The molecule has 0 aliphatic rings. The Labute approximate surface area is 143 Å². The Bertz CT molecular complexity index is 958. The normalized spacial score (nSPS) is 11.6. The van der Waals surface area contributed by atoms with E-state index < -0.39 is 0 Å². The van der Waals surface area contributed by atoms with Gasteiger partial charge in [0.05, 0.1) is 29.2 Å². The van der Waals surface area contributed by atoms with Crippen LogP contribution in [0.25, 0.3) is 22.5 Å². The predicted octanol–water partition coefficient (Wildman–Crippen LogP) is 3.88. The third-order valence-corrected chi connectivity index (χ3v) is 4.41. The lowest BCUT2D eigenvalue weighted by Crippen LogP contribution is -2.18. The van der Waals surface area contributed by atoms with E-state index in [-0.39, 0.29) is 0 Å². The van der Waals surface area contributed by atoms with Crippen molar-refractivity contribution in [2.24, 2.45) is 0 Å². The third-order valence-electron chi connectivity index (χ3n) is 3.85. The Morgan fingerprint density at radius 3 is 2.83 bits per heavy atom. The molecule has 4 rings (SSSR count). The highest BCUT2D eigenvalue weighted by atomic mass is 32.1. The topological polar surface area (TPSA) is 68.2 Å².